The Kier molecular flexibility index (Phi) is 9.73. The van der Waals surface area contributed by atoms with Crippen LogP contribution in [-0.4, -0.2) is 38.0 Å². The lowest BCUT2D eigenvalue weighted by Crippen LogP contribution is -2.07. The van der Waals surface area contributed by atoms with Crippen LogP contribution >= 0.6 is 0 Å². The number of hydrogen-bond acceptors (Lipinski definition) is 8. The summed E-state index contributed by atoms with van der Waals surface area (Å²) in [6.45, 7) is 6.28. The van der Waals surface area contributed by atoms with Gasteiger partial charge in [-0.15, -0.1) is 0 Å². The average molecular weight is 485 g/mol. The first-order valence-corrected chi connectivity index (χ1v) is 10.8. The Bertz CT molecular complexity index is 1130. The first kappa shape index (κ1) is 25.6. The van der Waals surface area contributed by atoms with Gasteiger partial charge in [0.1, 0.15) is 11.5 Å². The number of esters is 2. The Morgan fingerprint density at radius 1 is 0.611 bits per heavy atom. The van der Waals surface area contributed by atoms with Crippen LogP contribution in [-0.2, 0) is 19.1 Å². The van der Waals surface area contributed by atoms with Crippen molar-refractivity contribution < 1.29 is 28.5 Å². The number of carbonyl (C=O) groups excluding carboxylic acids is 2. The molecule has 0 fully saturated rings. The molecule has 36 heavy (non-hydrogen) atoms. The third-order valence-corrected chi connectivity index (χ3v) is 4.52. The van der Waals surface area contributed by atoms with E-state index in [1.807, 2.05) is 48.5 Å². The maximum atomic E-state index is 11.0. The monoisotopic (exact) mass is 484 g/mol. The van der Waals surface area contributed by atoms with Crippen LogP contribution in [0.3, 0.4) is 0 Å². The molecule has 8 heteroatoms. The van der Waals surface area contributed by atoms with E-state index < -0.39 is 11.9 Å². The van der Waals surface area contributed by atoms with Crippen LogP contribution in [0.25, 0.3) is 0 Å². The predicted molar refractivity (Wildman–Crippen MR) is 137 cm³/mol. The Morgan fingerprint density at radius 3 is 1.31 bits per heavy atom. The van der Waals surface area contributed by atoms with Crippen molar-refractivity contribution in [3.8, 4) is 11.5 Å². The van der Waals surface area contributed by atoms with Gasteiger partial charge in [-0.25, -0.2) is 9.59 Å². The predicted octanol–water partition coefficient (Wildman–Crippen LogP) is 5.32. The van der Waals surface area contributed by atoms with Gasteiger partial charge < -0.3 is 18.9 Å². The van der Waals surface area contributed by atoms with Crippen LogP contribution in [0.2, 0.25) is 0 Å². The number of nitrogens with zero attached hydrogens (tertiary/aromatic N) is 2. The number of carbonyl (C=O) groups is 2. The molecular weight excluding hydrogens is 460 g/mol. The molecule has 0 spiro atoms. The summed E-state index contributed by atoms with van der Waals surface area (Å²) < 4.78 is 20.2. The fourth-order valence-electron chi connectivity index (χ4n) is 2.65. The van der Waals surface area contributed by atoms with Gasteiger partial charge in [-0.2, -0.15) is 0 Å². The normalized spacial score (nSPS) is 10.7. The zero-order chi connectivity index (χ0) is 25.6. The van der Waals surface area contributed by atoms with E-state index in [1.165, 1.54) is 0 Å². The standard InChI is InChI=1S/C28H24N2O6/c1-3-27(31)35-19-33-25-13-5-21(6-14-25)17-29-23-9-11-24(12-10-23)30-18-22-7-15-26(16-8-22)34-20-36-28(32)4-2/h3-18H,1-2,19-20H2. The van der Waals surface area contributed by atoms with Crippen molar-refractivity contribution in [2.24, 2.45) is 9.98 Å². The first-order valence-electron chi connectivity index (χ1n) is 10.8. The molecule has 3 rings (SSSR count). The van der Waals surface area contributed by atoms with Crippen molar-refractivity contribution in [1.29, 1.82) is 0 Å². The molecule has 0 bridgehead atoms. The Hall–Kier alpha value is -4.98. The second kappa shape index (κ2) is 13.7. The summed E-state index contributed by atoms with van der Waals surface area (Å²) in [5.74, 6) is 0.0631. The van der Waals surface area contributed by atoms with Crippen LogP contribution in [0.4, 0.5) is 11.4 Å². The highest BCUT2D eigenvalue weighted by Crippen LogP contribution is 2.19. The van der Waals surface area contributed by atoms with E-state index in [9.17, 15) is 9.59 Å². The second-order valence-electron chi connectivity index (χ2n) is 7.03. The van der Waals surface area contributed by atoms with Crippen LogP contribution in [0.5, 0.6) is 11.5 Å². The quantitative estimate of drug-likeness (QED) is 0.149. The van der Waals surface area contributed by atoms with Gasteiger partial charge in [0.25, 0.3) is 0 Å². The van der Waals surface area contributed by atoms with E-state index in [2.05, 4.69) is 23.1 Å². The molecule has 0 saturated heterocycles. The van der Waals surface area contributed by atoms with Crippen molar-refractivity contribution in [2.45, 2.75) is 0 Å². The molecule has 182 valence electrons. The van der Waals surface area contributed by atoms with E-state index in [-0.39, 0.29) is 13.6 Å². The number of aliphatic imine (C=N–C) groups is 2. The highest BCUT2D eigenvalue weighted by Gasteiger charge is 1.99. The van der Waals surface area contributed by atoms with Crippen molar-refractivity contribution in [3.05, 3.63) is 109 Å². The molecule has 3 aromatic carbocycles. The molecule has 0 radical (unpaired) electrons. The van der Waals surface area contributed by atoms with Gasteiger partial charge in [0.15, 0.2) is 0 Å². The van der Waals surface area contributed by atoms with Gasteiger partial charge >= 0.3 is 11.9 Å². The Balaban J connectivity index is 1.48. The van der Waals surface area contributed by atoms with Crippen LogP contribution < -0.4 is 9.47 Å². The van der Waals surface area contributed by atoms with Crippen LogP contribution in [0.1, 0.15) is 11.1 Å². The number of benzene rings is 3. The topological polar surface area (TPSA) is 95.8 Å². The third-order valence-electron chi connectivity index (χ3n) is 4.52. The van der Waals surface area contributed by atoms with E-state index in [0.717, 1.165) is 34.7 Å². The molecule has 0 aliphatic heterocycles. The molecule has 0 aliphatic rings. The fraction of sp³-hybridized carbons (Fsp3) is 0.0714. The first-order chi connectivity index (χ1) is 17.6. The summed E-state index contributed by atoms with van der Waals surface area (Å²) in [7, 11) is 0. The van der Waals surface area contributed by atoms with Crippen molar-refractivity contribution in [2.75, 3.05) is 13.6 Å². The minimum Gasteiger partial charge on any atom is -0.457 e. The average Bonchev–Trinajstić information content (AvgIpc) is 2.92. The van der Waals surface area contributed by atoms with Gasteiger partial charge in [-0.3, -0.25) is 9.98 Å². The maximum absolute atomic E-state index is 11.0. The number of ether oxygens (including phenoxy) is 4. The van der Waals surface area contributed by atoms with Gasteiger partial charge in [0.05, 0.1) is 11.4 Å². The van der Waals surface area contributed by atoms with E-state index in [1.54, 1.807) is 36.7 Å². The van der Waals surface area contributed by atoms with Crippen molar-refractivity contribution in [3.63, 3.8) is 0 Å². The fourth-order valence-corrected chi connectivity index (χ4v) is 2.65. The minimum absolute atomic E-state index is 0.179. The van der Waals surface area contributed by atoms with E-state index in [0.29, 0.717) is 11.5 Å². The summed E-state index contributed by atoms with van der Waals surface area (Å²) >= 11 is 0. The lowest BCUT2D eigenvalue weighted by atomic mass is 10.2. The largest absolute Gasteiger partial charge is 0.457 e. The molecule has 0 amide bonds. The number of rotatable bonds is 12. The molecule has 0 aromatic heterocycles. The summed E-state index contributed by atoms with van der Waals surface area (Å²) in [6.07, 6.45) is 5.63. The summed E-state index contributed by atoms with van der Waals surface area (Å²) in [6, 6.07) is 21.9. The van der Waals surface area contributed by atoms with Gasteiger partial charge in [-0.1, -0.05) is 13.2 Å². The summed E-state index contributed by atoms with van der Waals surface area (Å²) in [5.41, 5.74) is 3.34. The molecule has 0 N–H and O–H groups in total. The van der Waals surface area contributed by atoms with E-state index in [4.69, 9.17) is 18.9 Å². The van der Waals surface area contributed by atoms with Gasteiger partial charge in [0.2, 0.25) is 13.6 Å². The zero-order valence-electron chi connectivity index (χ0n) is 19.4. The SMILES string of the molecule is C=CC(=O)OCOc1ccc(C=Nc2ccc(N=Cc3ccc(OCOC(=O)C=C)cc3)cc2)cc1. The third kappa shape index (κ3) is 8.75. The highest BCUT2D eigenvalue weighted by molar-refractivity contribution is 5.83. The van der Waals surface area contributed by atoms with Crippen LogP contribution in [0, 0.1) is 0 Å². The lowest BCUT2D eigenvalue weighted by Gasteiger charge is -2.06. The maximum Gasteiger partial charge on any atom is 0.333 e. The van der Waals surface area contributed by atoms with Crippen LogP contribution in [0.15, 0.2) is 108 Å². The minimum atomic E-state index is -0.540. The molecule has 0 aliphatic carbocycles. The molecule has 0 saturated carbocycles. The molecule has 0 atom stereocenters. The van der Waals surface area contributed by atoms with E-state index >= 15 is 0 Å². The van der Waals surface area contributed by atoms with Crippen molar-refractivity contribution >= 4 is 35.7 Å². The highest BCUT2D eigenvalue weighted by atomic mass is 16.7. The molecule has 0 heterocycles. The summed E-state index contributed by atoms with van der Waals surface area (Å²) in [4.78, 5) is 30.9. The lowest BCUT2D eigenvalue weighted by molar-refractivity contribution is -0.145. The summed E-state index contributed by atoms with van der Waals surface area (Å²) in [5, 5.41) is 0. The molecule has 0 unspecified atom stereocenters. The van der Waals surface area contributed by atoms with Gasteiger partial charge in [-0.05, 0) is 83.9 Å². The zero-order valence-corrected chi connectivity index (χ0v) is 19.4. The Labute approximate surface area is 208 Å². The second-order valence-corrected chi connectivity index (χ2v) is 7.03. The number of hydrogen-bond donors (Lipinski definition) is 0. The van der Waals surface area contributed by atoms with Crippen molar-refractivity contribution in [1.82, 2.24) is 0 Å². The molecule has 8 nitrogen and oxygen atoms in total. The Morgan fingerprint density at radius 2 is 0.972 bits per heavy atom. The smallest absolute Gasteiger partial charge is 0.333 e. The molecule has 3 aromatic rings. The molecular formula is C28H24N2O6. The van der Waals surface area contributed by atoms with Gasteiger partial charge in [0, 0.05) is 24.6 Å².